The Labute approximate surface area is 144 Å². The SMILES string of the molecule is CCc1noc(-c2c(C)cc(C)n2CC(=O)Nc2ccccc2F)n1. The quantitative estimate of drug-likeness (QED) is 0.770. The third-order valence-corrected chi connectivity index (χ3v) is 3.93. The first-order chi connectivity index (χ1) is 12.0. The van der Waals surface area contributed by atoms with Crippen LogP contribution in [0.2, 0.25) is 0 Å². The number of amides is 1. The number of nitrogens with one attached hydrogen (secondary N) is 1. The van der Waals surface area contributed by atoms with Gasteiger partial charge in [0.2, 0.25) is 5.91 Å². The van der Waals surface area contributed by atoms with E-state index >= 15 is 0 Å². The largest absolute Gasteiger partial charge is 0.332 e. The Morgan fingerprint density at radius 2 is 2.08 bits per heavy atom. The molecular formula is C18H19FN4O2. The van der Waals surface area contributed by atoms with Crippen molar-refractivity contribution >= 4 is 11.6 Å². The minimum atomic E-state index is -0.471. The van der Waals surface area contributed by atoms with Gasteiger partial charge in [0.05, 0.1) is 5.69 Å². The molecule has 7 heteroatoms. The Kier molecular flexibility index (Phi) is 4.65. The third-order valence-electron chi connectivity index (χ3n) is 3.93. The number of aryl methyl sites for hydroxylation is 3. The fraction of sp³-hybridized carbons (Fsp3) is 0.278. The van der Waals surface area contributed by atoms with Crippen LogP contribution in [0.3, 0.4) is 0 Å². The zero-order chi connectivity index (χ0) is 18.0. The molecule has 0 spiro atoms. The number of hydrogen-bond acceptors (Lipinski definition) is 4. The molecule has 1 amide bonds. The van der Waals surface area contributed by atoms with Crippen molar-refractivity contribution in [1.29, 1.82) is 0 Å². The van der Waals surface area contributed by atoms with E-state index in [-0.39, 0.29) is 18.1 Å². The fourth-order valence-corrected chi connectivity index (χ4v) is 2.73. The number of halogens is 1. The van der Waals surface area contributed by atoms with Crippen LogP contribution in [0.1, 0.15) is 24.0 Å². The molecule has 0 atom stereocenters. The van der Waals surface area contributed by atoms with E-state index in [2.05, 4.69) is 15.5 Å². The van der Waals surface area contributed by atoms with Gasteiger partial charge in [-0.1, -0.05) is 24.2 Å². The normalized spacial score (nSPS) is 10.9. The van der Waals surface area contributed by atoms with E-state index < -0.39 is 5.82 Å². The predicted molar refractivity (Wildman–Crippen MR) is 91.6 cm³/mol. The van der Waals surface area contributed by atoms with Gasteiger partial charge >= 0.3 is 0 Å². The molecule has 0 aliphatic rings. The highest BCUT2D eigenvalue weighted by Gasteiger charge is 2.20. The Balaban J connectivity index is 1.87. The summed E-state index contributed by atoms with van der Waals surface area (Å²) in [5.74, 6) is 0.179. The highest BCUT2D eigenvalue weighted by molar-refractivity contribution is 5.91. The van der Waals surface area contributed by atoms with Crippen molar-refractivity contribution in [2.75, 3.05) is 5.32 Å². The molecule has 25 heavy (non-hydrogen) atoms. The summed E-state index contributed by atoms with van der Waals surface area (Å²) in [7, 11) is 0. The molecule has 130 valence electrons. The van der Waals surface area contributed by atoms with E-state index in [1.807, 2.05) is 26.8 Å². The first-order valence-electron chi connectivity index (χ1n) is 8.03. The standard InChI is InChI=1S/C18H19FN4O2/c1-4-15-21-18(25-22-15)17-11(2)9-12(3)23(17)10-16(24)20-14-8-6-5-7-13(14)19/h5-9H,4,10H2,1-3H3,(H,20,24). The molecule has 0 bridgehead atoms. The van der Waals surface area contributed by atoms with Crippen molar-refractivity contribution in [3.63, 3.8) is 0 Å². The summed E-state index contributed by atoms with van der Waals surface area (Å²) in [5, 5.41) is 6.50. The lowest BCUT2D eigenvalue weighted by atomic mass is 10.2. The average molecular weight is 342 g/mol. The number of rotatable bonds is 5. The van der Waals surface area contributed by atoms with Gasteiger partial charge in [-0.25, -0.2) is 4.39 Å². The number of benzene rings is 1. The number of carbonyl (C=O) groups excluding carboxylic acids is 1. The maximum Gasteiger partial charge on any atom is 0.274 e. The van der Waals surface area contributed by atoms with Crippen molar-refractivity contribution in [2.45, 2.75) is 33.7 Å². The van der Waals surface area contributed by atoms with Crippen LogP contribution in [0.15, 0.2) is 34.9 Å². The van der Waals surface area contributed by atoms with Crippen molar-refractivity contribution in [1.82, 2.24) is 14.7 Å². The number of para-hydroxylation sites is 1. The second-order valence-electron chi connectivity index (χ2n) is 5.80. The van der Waals surface area contributed by atoms with Crippen LogP contribution in [0.5, 0.6) is 0 Å². The Morgan fingerprint density at radius 3 is 2.76 bits per heavy atom. The van der Waals surface area contributed by atoms with Gasteiger partial charge in [-0.15, -0.1) is 0 Å². The summed E-state index contributed by atoms with van der Waals surface area (Å²) >= 11 is 0. The lowest BCUT2D eigenvalue weighted by Crippen LogP contribution is -2.20. The molecule has 3 rings (SSSR count). The lowest BCUT2D eigenvalue weighted by molar-refractivity contribution is -0.116. The van der Waals surface area contributed by atoms with E-state index in [9.17, 15) is 9.18 Å². The monoisotopic (exact) mass is 342 g/mol. The van der Waals surface area contributed by atoms with Gasteiger partial charge < -0.3 is 14.4 Å². The third kappa shape index (κ3) is 3.45. The molecule has 3 aromatic rings. The molecule has 1 aromatic carbocycles. The topological polar surface area (TPSA) is 73.0 Å². The van der Waals surface area contributed by atoms with Crippen LogP contribution in [0, 0.1) is 19.7 Å². The van der Waals surface area contributed by atoms with Crippen LogP contribution in [-0.4, -0.2) is 20.6 Å². The first-order valence-corrected chi connectivity index (χ1v) is 8.03. The van der Waals surface area contributed by atoms with E-state index in [1.165, 1.54) is 12.1 Å². The van der Waals surface area contributed by atoms with Crippen LogP contribution in [-0.2, 0) is 17.8 Å². The highest BCUT2D eigenvalue weighted by Crippen LogP contribution is 2.26. The minimum Gasteiger partial charge on any atom is -0.332 e. The molecule has 0 radical (unpaired) electrons. The zero-order valence-corrected chi connectivity index (χ0v) is 14.3. The summed E-state index contributed by atoms with van der Waals surface area (Å²) in [6.45, 7) is 5.77. The van der Waals surface area contributed by atoms with Gasteiger partial charge in [0.1, 0.15) is 18.1 Å². The molecule has 0 saturated heterocycles. The number of nitrogens with zero attached hydrogens (tertiary/aromatic N) is 3. The van der Waals surface area contributed by atoms with Crippen LogP contribution in [0.4, 0.5) is 10.1 Å². The highest BCUT2D eigenvalue weighted by atomic mass is 19.1. The Bertz CT molecular complexity index is 914. The van der Waals surface area contributed by atoms with E-state index in [0.29, 0.717) is 23.8 Å². The van der Waals surface area contributed by atoms with Gasteiger partial charge in [0.25, 0.3) is 5.89 Å². The Hall–Kier alpha value is -2.96. The minimum absolute atomic E-state index is 0.0210. The number of hydrogen-bond donors (Lipinski definition) is 1. The van der Waals surface area contributed by atoms with Gasteiger partial charge in [-0.3, -0.25) is 4.79 Å². The van der Waals surface area contributed by atoms with Crippen LogP contribution >= 0.6 is 0 Å². The molecule has 0 unspecified atom stereocenters. The van der Waals surface area contributed by atoms with Crippen molar-refractivity contribution in [3.05, 3.63) is 53.2 Å². The van der Waals surface area contributed by atoms with Crippen LogP contribution < -0.4 is 5.32 Å². The maximum atomic E-state index is 13.7. The van der Waals surface area contributed by atoms with Gasteiger partial charge in [-0.05, 0) is 37.6 Å². The van der Waals surface area contributed by atoms with Crippen LogP contribution in [0.25, 0.3) is 11.6 Å². The predicted octanol–water partition coefficient (Wildman–Crippen LogP) is 3.50. The van der Waals surface area contributed by atoms with Gasteiger partial charge in [-0.2, -0.15) is 4.98 Å². The molecule has 0 aliphatic heterocycles. The number of aromatic nitrogens is 3. The number of carbonyl (C=O) groups is 1. The Morgan fingerprint density at radius 1 is 1.32 bits per heavy atom. The van der Waals surface area contributed by atoms with Crippen molar-refractivity contribution in [3.8, 4) is 11.6 Å². The summed E-state index contributed by atoms with van der Waals surface area (Å²) in [5.41, 5.74) is 2.67. The van der Waals surface area contributed by atoms with Crippen molar-refractivity contribution in [2.24, 2.45) is 0 Å². The summed E-state index contributed by atoms with van der Waals surface area (Å²) in [6, 6.07) is 8.01. The van der Waals surface area contributed by atoms with E-state index in [4.69, 9.17) is 4.52 Å². The number of anilines is 1. The second-order valence-corrected chi connectivity index (χ2v) is 5.80. The van der Waals surface area contributed by atoms with E-state index in [0.717, 1.165) is 11.3 Å². The first kappa shape index (κ1) is 16.9. The summed E-state index contributed by atoms with van der Waals surface area (Å²) < 4.78 is 20.8. The maximum absolute atomic E-state index is 13.7. The molecule has 2 aromatic heterocycles. The molecule has 0 aliphatic carbocycles. The molecule has 0 fully saturated rings. The van der Waals surface area contributed by atoms with Crippen molar-refractivity contribution < 1.29 is 13.7 Å². The summed E-state index contributed by atoms with van der Waals surface area (Å²) in [6.07, 6.45) is 0.663. The fourth-order valence-electron chi connectivity index (χ4n) is 2.73. The van der Waals surface area contributed by atoms with Gasteiger partial charge in [0, 0.05) is 12.1 Å². The molecule has 0 saturated carbocycles. The van der Waals surface area contributed by atoms with Gasteiger partial charge in [0.15, 0.2) is 5.82 Å². The molecule has 2 heterocycles. The second kappa shape index (κ2) is 6.88. The zero-order valence-electron chi connectivity index (χ0n) is 14.3. The lowest BCUT2D eigenvalue weighted by Gasteiger charge is -2.11. The smallest absolute Gasteiger partial charge is 0.274 e. The molecule has 6 nitrogen and oxygen atoms in total. The molecular weight excluding hydrogens is 323 g/mol. The average Bonchev–Trinajstić information content (AvgIpc) is 3.14. The molecule has 1 N–H and O–H groups in total. The van der Waals surface area contributed by atoms with E-state index in [1.54, 1.807) is 16.7 Å². The summed E-state index contributed by atoms with van der Waals surface area (Å²) in [4.78, 5) is 16.7.